The number of phenolic OH excluding ortho intramolecular Hbond substituents is 2. The van der Waals surface area contributed by atoms with E-state index >= 15 is 0 Å². The van der Waals surface area contributed by atoms with Gasteiger partial charge >= 0.3 is 0 Å². The summed E-state index contributed by atoms with van der Waals surface area (Å²) in [6.07, 6.45) is 1.25. The van der Waals surface area contributed by atoms with E-state index in [-0.39, 0.29) is 29.4 Å². The maximum Gasteiger partial charge on any atom is 0.176 e. The third-order valence-corrected chi connectivity index (χ3v) is 6.73. The van der Waals surface area contributed by atoms with Crippen LogP contribution in [-0.2, 0) is 0 Å². The van der Waals surface area contributed by atoms with E-state index in [1.807, 2.05) is 47.2 Å². The Kier molecular flexibility index (Phi) is 6.81. The van der Waals surface area contributed by atoms with Crippen molar-refractivity contribution < 1.29 is 19.7 Å². The topological polar surface area (TPSA) is 67.2 Å². The first-order chi connectivity index (χ1) is 15.9. The fourth-order valence-electron chi connectivity index (χ4n) is 4.53. The van der Waals surface area contributed by atoms with E-state index in [1.54, 1.807) is 24.3 Å². The van der Waals surface area contributed by atoms with Gasteiger partial charge in [0.1, 0.15) is 17.3 Å². The molecule has 3 aromatic rings. The minimum absolute atomic E-state index is 0.00425. The summed E-state index contributed by atoms with van der Waals surface area (Å²) in [6, 6.07) is 20.0. The average molecular weight is 467 g/mol. The smallest absolute Gasteiger partial charge is 0.176 e. The Morgan fingerprint density at radius 3 is 2.36 bits per heavy atom. The zero-order chi connectivity index (χ0) is 23.5. The Balaban J connectivity index is 1.59. The highest BCUT2D eigenvalue weighted by atomic mass is 32.1. The monoisotopic (exact) mass is 466 g/mol. The molecular formula is C26H27FN2O3S. The highest BCUT2D eigenvalue weighted by Gasteiger charge is 2.43. The SMILES string of the molecule is CN1C(=S)N(c2ccccc2)[C@H](c2ccc(O)cc2O)[C@H]1CCC[C@@H](O)c1ccc(F)cc1. The number of para-hydroxylation sites is 1. The fourth-order valence-corrected chi connectivity index (χ4v) is 4.88. The molecule has 1 saturated heterocycles. The van der Waals surface area contributed by atoms with Gasteiger partial charge in [0.05, 0.1) is 18.2 Å². The zero-order valence-electron chi connectivity index (χ0n) is 18.3. The van der Waals surface area contributed by atoms with Gasteiger partial charge in [-0.25, -0.2) is 4.39 Å². The first-order valence-corrected chi connectivity index (χ1v) is 11.3. The van der Waals surface area contributed by atoms with E-state index in [2.05, 4.69) is 0 Å². The maximum atomic E-state index is 13.2. The molecule has 3 atom stereocenters. The van der Waals surface area contributed by atoms with Gasteiger partial charge in [-0.2, -0.15) is 0 Å². The second-order valence-electron chi connectivity index (χ2n) is 8.35. The van der Waals surface area contributed by atoms with Crippen LogP contribution in [0.4, 0.5) is 10.1 Å². The first kappa shape index (κ1) is 23.0. The number of aromatic hydroxyl groups is 2. The Morgan fingerprint density at radius 1 is 1.00 bits per heavy atom. The van der Waals surface area contributed by atoms with Crippen molar-refractivity contribution in [1.82, 2.24) is 4.90 Å². The predicted molar refractivity (Wildman–Crippen MR) is 131 cm³/mol. The number of rotatable bonds is 7. The van der Waals surface area contributed by atoms with Gasteiger partial charge in [0.15, 0.2) is 5.11 Å². The fraction of sp³-hybridized carbons (Fsp3) is 0.269. The molecule has 33 heavy (non-hydrogen) atoms. The summed E-state index contributed by atoms with van der Waals surface area (Å²) >= 11 is 5.80. The number of hydrogen-bond donors (Lipinski definition) is 3. The van der Waals surface area contributed by atoms with E-state index < -0.39 is 6.10 Å². The van der Waals surface area contributed by atoms with Crippen molar-refractivity contribution in [3.63, 3.8) is 0 Å². The minimum Gasteiger partial charge on any atom is -0.508 e. The predicted octanol–water partition coefficient (Wildman–Crippen LogP) is 5.29. The number of benzene rings is 3. The number of nitrogens with zero attached hydrogens (tertiary/aromatic N) is 2. The summed E-state index contributed by atoms with van der Waals surface area (Å²) in [7, 11) is 1.94. The van der Waals surface area contributed by atoms with Gasteiger partial charge in [-0.05, 0) is 73.4 Å². The number of aliphatic hydroxyl groups is 1. The maximum absolute atomic E-state index is 13.2. The molecule has 0 aliphatic carbocycles. The lowest BCUT2D eigenvalue weighted by atomic mass is 9.92. The number of thiocarbonyl (C=S) groups is 1. The van der Waals surface area contributed by atoms with E-state index in [4.69, 9.17) is 12.2 Å². The number of phenols is 2. The molecule has 0 radical (unpaired) electrons. The van der Waals surface area contributed by atoms with Gasteiger partial charge in [-0.15, -0.1) is 0 Å². The van der Waals surface area contributed by atoms with Crippen molar-refractivity contribution in [3.8, 4) is 11.5 Å². The molecule has 1 aliphatic rings. The Labute approximate surface area is 198 Å². The van der Waals surface area contributed by atoms with Gasteiger partial charge < -0.3 is 25.1 Å². The van der Waals surface area contributed by atoms with Gasteiger partial charge in [0, 0.05) is 24.4 Å². The van der Waals surface area contributed by atoms with Gasteiger partial charge in [-0.3, -0.25) is 0 Å². The van der Waals surface area contributed by atoms with Crippen LogP contribution >= 0.6 is 12.2 Å². The molecule has 0 saturated carbocycles. The van der Waals surface area contributed by atoms with Crippen molar-refractivity contribution in [3.05, 3.63) is 89.7 Å². The summed E-state index contributed by atoms with van der Waals surface area (Å²) in [6.45, 7) is 0. The molecule has 0 unspecified atom stereocenters. The molecule has 0 aromatic heterocycles. The molecule has 7 heteroatoms. The normalized spacial score (nSPS) is 19.2. The summed E-state index contributed by atoms with van der Waals surface area (Å²) in [4.78, 5) is 4.06. The first-order valence-electron chi connectivity index (χ1n) is 10.9. The highest BCUT2D eigenvalue weighted by Crippen LogP contribution is 2.44. The molecule has 1 fully saturated rings. The van der Waals surface area contributed by atoms with E-state index in [0.29, 0.717) is 35.5 Å². The number of aliphatic hydroxyl groups excluding tert-OH is 1. The van der Waals surface area contributed by atoms with Crippen LogP contribution in [0.2, 0.25) is 0 Å². The van der Waals surface area contributed by atoms with Gasteiger partial charge in [-0.1, -0.05) is 30.3 Å². The molecule has 1 aliphatic heterocycles. The standard InChI is InChI=1S/C26H27FN2O3S/c1-28-22(8-5-9-23(31)17-10-12-18(27)13-11-17)25(21-15-14-20(30)16-24(21)32)29(26(28)33)19-6-3-2-4-7-19/h2-4,6-7,10-16,22-23,25,30-32H,5,8-9H2,1H3/t22-,23-,25-/m1/s1. The zero-order valence-corrected chi connectivity index (χ0v) is 19.1. The number of hydrogen-bond acceptors (Lipinski definition) is 4. The lowest BCUT2D eigenvalue weighted by Crippen LogP contribution is -2.30. The van der Waals surface area contributed by atoms with Gasteiger partial charge in [0.25, 0.3) is 0 Å². The molecule has 3 N–H and O–H groups in total. The Hall–Kier alpha value is -3.16. The van der Waals surface area contributed by atoms with Crippen LogP contribution in [0.3, 0.4) is 0 Å². The molecule has 0 bridgehead atoms. The number of anilines is 1. The summed E-state index contributed by atoms with van der Waals surface area (Å²) in [5.41, 5.74) is 2.28. The molecule has 1 heterocycles. The van der Waals surface area contributed by atoms with Crippen LogP contribution in [-0.4, -0.2) is 38.4 Å². The van der Waals surface area contributed by atoms with Gasteiger partial charge in [0.2, 0.25) is 0 Å². The molecule has 0 spiro atoms. The number of likely N-dealkylation sites (N-methyl/N-ethyl adjacent to an activating group) is 1. The quantitative estimate of drug-likeness (QED) is 0.411. The Morgan fingerprint density at radius 2 is 1.70 bits per heavy atom. The summed E-state index contributed by atoms with van der Waals surface area (Å²) in [5, 5.41) is 31.7. The molecule has 4 rings (SSSR count). The molecule has 3 aromatic carbocycles. The second kappa shape index (κ2) is 9.77. The third kappa shape index (κ3) is 4.79. The van der Waals surface area contributed by atoms with Crippen LogP contribution < -0.4 is 4.90 Å². The van der Waals surface area contributed by atoms with Crippen molar-refractivity contribution in [2.45, 2.75) is 37.5 Å². The van der Waals surface area contributed by atoms with E-state index in [9.17, 15) is 19.7 Å². The van der Waals surface area contributed by atoms with E-state index in [1.165, 1.54) is 18.2 Å². The van der Waals surface area contributed by atoms with Crippen LogP contribution in [0, 0.1) is 5.82 Å². The minimum atomic E-state index is -0.685. The number of halogens is 1. The van der Waals surface area contributed by atoms with Crippen LogP contribution in [0.5, 0.6) is 11.5 Å². The van der Waals surface area contributed by atoms with Crippen molar-refractivity contribution in [1.29, 1.82) is 0 Å². The summed E-state index contributed by atoms with van der Waals surface area (Å²) in [5.74, 6) is -0.324. The van der Waals surface area contributed by atoms with Crippen molar-refractivity contribution in [2.75, 3.05) is 11.9 Å². The van der Waals surface area contributed by atoms with Crippen LogP contribution in [0.25, 0.3) is 0 Å². The third-order valence-electron chi connectivity index (χ3n) is 6.25. The molecule has 172 valence electrons. The van der Waals surface area contributed by atoms with Crippen LogP contribution in [0.1, 0.15) is 42.5 Å². The Bertz CT molecular complexity index is 1110. The lowest BCUT2D eigenvalue weighted by Gasteiger charge is -2.29. The largest absolute Gasteiger partial charge is 0.508 e. The average Bonchev–Trinajstić information content (AvgIpc) is 3.05. The lowest BCUT2D eigenvalue weighted by molar-refractivity contribution is 0.159. The molecule has 5 nitrogen and oxygen atoms in total. The van der Waals surface area contributed by atoms with Crippen molar-refractivity contribution >= 4 is 23.0 Å². The van der Waals surface area contributed by atoms with E-state index in [0.717, 1.165) is 5.69 Å². The van der Waals surface area contributed by atoms with Crippen molar-refractivity contribution in [2.24, 2.45) is 0 Å². The highest BCUT2D eigenvalue weighted by molar-refractivity contribution is 7.80. The molecule has 0 amide bonds. The molecular weight excluding hydrogens is 439 g/mol. The van der Waals surface area contributed by atoms with Crippen LogP contribution in [0.15, 0.2) is 72.8 Å². The summed E-state index contributed by atoms with van der Waals surface area (Å²) < 4.78 is 13.2. The second-order valence-corrected chi connectivity index (χ2v) is 8.72.